The van der Waals surface area contributed by atoms with E-state index in [4.69, 9.17) is 0 Å². The van der Waals surface area contributed by atoms with Crippen LogP contribution in [0.3, 0.4) is 0 Å². The molecule has 0 aliphatic rings. The first kappa shape index (κ1) is 23.9. The highest BCUT2D eigenvalue weighted by atomic mass is 32.3. The van der Waals surface area contributed by atoms with Crippen LogP contribution >= 0.6 is 10.3 Å². The molecule has 4 nitrogen and oxygen atoms in total. The van der Waals surface area contributed by atoms with Crippen LogP contribution in [-0.4, -0.2) is 39.8 Å². The Hall–Kier alpha value is -0.0700. The first-order valence-corrected chi connectivity index (χ1v) is 12.9. The Morgan fingerprint density at radius 1 is 0.875 bits per heavy atom. The Bertz CT molecular complexity index is 448. The van der Waals surface area contributed by atoms with Gasteiger partial charge in [0.05, 0.1) is 5.75 Å². The van der Waals surface area contributed by atoms with E-state index in [2.05, 4.69) is 10.6 Å². The minimum absolute atomic E-state index is 0.0912. The van der Waals surface area contributed by atoms with E-state index in [1.54, 1.807) is 0 Å². The van der Waals surface area contributed by atoms with Crippen LogP contribution < -0.4 is 0 Å². The summed E-state index contributed by atoms with van der Waals surface area (Å²) < 4.78 is 29.3. The van der Waals surface area contributed by atoms with Gasteiger partial charge in [0.1, 0.15) is 11.5 Å². The van der Waals surface area contributed by atoms with Crippen molar-refractivity contribution >= 4 is 26.2 Å². The van der Waals surface area contributed by atoms with Gasteiger partial charge in [0.25, 0.3) is 0 Å². The number of rotatable bonds is 14. The zero-order valence-electron chi connectivity index (χ0n) is 16.5. The molecule has 0 saturated carbocycles. The predicted molar refractivity (Wildman–Crippen MR) is 108 cm³/mol. The number of unbranched alkanes of at least 4 members (excludes halogenated alkanes) is 4. The molecule has 0 aromatic carbocycles. The second-order valence-corrected chi connectivity index (χ2v) is 13.1. The van der Waals surface area contributed by atoms with Crippen molar-refractivity contribution in [3.05, 3.63) is 0 Å². The van der Waals surface area contributed by atoms with Crippen molar-refractivity contribution in [1.29, 1.82) is 0 Å². The fraction of sp³-hybridized carbons (Fsp3) is 0.944. The third-order valence-electron chi connectivity index (χ3n) is 4.34. The molecule has 0 aromatic rings. The molecule has 0 atom stereocenters. The average Bonchev–Trinajstić information content (AvgIpc) is 2.48. The zero-order valence-corrected chi connectivity index (χ0v) is 18.1. The fourth-order valence-electron chi connectivity index (χ4n) is 2.73. The summed E-state index contributed by atoms with van der Waals surface area (Å²) in [6.07, 6.45) is 6.28. The van der Waals surface area contributed by atoms with Crippen molar-refractivity contribution < 1.29 is 16.8 Å². The van der Waals surface area contributed by atoms with Crippen molar-refractivity contribution in [2.75, 3.05) is 11.5 Å². The second kappa shape index (κ2) is 11.5. The summed E-state index contributed by atoms with van der Waals surface area (Å²) >= 11 is 0. The molecule has 0 rings (SSSR count). The second-order valence-electron chi connectivity index (χ2n) is 7.11. The Morgan fingerprint density at radius 2 is 1.42 bits per heavy atom. The van der Waals surface area contributed by atoms with Gasteiger partial charge < -0.3 is 0 Å². The van der Waals surface area contributed by atoms with Gasteiger partial charge in [0.2, 0.25) is 0 Å². The van der Waals surface area contributed by atoms with Gasteiger partial charge in [-0.25, -0.2) is 0 Å². The maximum Gasteiger partial charge on any atom is 0.390 e. The molecule has 0 unspecified atom stereocenters. The first-order valence-electron chi connectivity index (χ1n) is 9.38. The summed E-state index contributed by atoms with van der Waals surface area (Å²) in [4.78, 5) is 12.5. The van der Waals surface area contributed by atoms with Crippen LogP contribution in [0.25, 0.3) is 0 Å². The monoisotopic (exact) mass is 383 g/mol. The zero-order chi connectivity index (χ0) is 18.8. The molecule has 0 aromatic heterocycles. The number of carbonyl (C=O) groups excluding carboxylic acids is 1. The number of hydrogen-bond donors (Lipinski definition) is 0. The lowest BCUT2D eigenvalue weighted by atomic mass is 10.1. The molecule has 0 heterocycles. The van der Waals surface area contributed by atoms with Crippen molar-refractivity contribution in [2.24, 2.45) is 0 Å². The van der Waals surface area contributed by atoms with Crippen molar-refractivity contribution in [3.63, 3.8) is 0 Å². The van der Waals surface area contributed by atoms with Crippen LogP contribution in [0.5, 0.6) is 0 Å². The van der Waals surface area contributed by atoms with Gasteiger partial charge in [-0.2, -0.15) is 8.42 Å². The number of Topliss-reactive ketones (excluding diaryl/α,β-unsaturated/α-hetero) is 1. The molecule has 1 N–H and O–H groups in total. The SMILES string of the molecule is CCCCCCC(=O)CS([OH+]S(=O)(=O)CCCC)(C(C)C)C(C)C. The summed E-state index contributed by atoms with van der Waals surface area (Å²) in [5, 5.41) is 0.182. The highest BCUT2D eigenvalue weighted by Gasteiger charge is 2.43. The Morgan fingerprint density at radius 3 is 1.88 bits per heavy atom. The van der Waals surface area contributed by atoms with Crippen LogP contribution in [0.15, 0.2) is 0 Å². The fourth-order valence-corrected chi connectivity index (χ4v) is 9.38. The molecule has 0 fully saturated rings. The van der Waals surface area contributed by atoms with E-state index in [0.717, 1.165) is 32.1 Å². The molecular formula is C18H39O4S2+. The molecule has 0 aliphatic carbocycles. The minimum atomic E-state index is -3.46. The molecule has 146 valence electrons. The summed E-state index contributed by atoms with van der Waals surface area (Å²) in [5.41, 5.74) is 0. The average molecular weight is 384 g/mol. The van der Waals surface area contributed by atoms with Crippen LogP contribution in [-0.2, 0) is 14.9 Å². The smallest absolute Gasteiger partial charge is 0.299 e. The molecule has 0 bridgehead atoms. The number of carbonyl (C=O) groups is 1. The molecule has 24 heavy (non-hydrogen) atoms. The molecule has 0 saturated heterocycles. The molecule has 0 spiro atoms. The number of hydrogen-bond acceptors (Lipinski definition) is 3. The predicted octanol–water partition coefficient (Wildman–Crippen LogP) is 5.29. The van der Waals surface area contributed by atoms with Gasteiger partial charge in [-0.15, -0.1) is 0 Å². The Kier molecular flexibility index (Phi) is 11.5. The summed E-state index contributed by atoms with van der Waals surface area (Å²) in [5.74, 6) is 0.597. The van der Waals surface area contributed by atoms with E-state index >= 15 is 0 Å². The van der Waals surface area contributed by atoms with Gasteiger partial charge in [0.15, 0.2) is 0 Å². The molecular weight excluding hydrogens is 344 g/mol. The largest absolute Gasteiger partial charge is 0.390 e. The lowest BCUT2D eigenvalue weighted by molar-refractivity contribution is -0.116. The third kappa shape index (κ3) is 8.34. The lowest BCUT2D eigenvalue weighted by Gasteiger charge is -2.40. The summed E-state index contributed by atoms with van der Waals surface area (Å²) in [6.45, 7) is 12.2. The van der Waals surface area contributed by atoms with E-state index in [9.17, 15) is 13.2 Å². The van der Waals surface area contributed by atoms with E-state index in [-0.39, 0.29) is 22.0 Å². The Labute approximate surface area is 151 Å². The topological polar surface area (TPSA) is 64.0 Å². The van der Waals surface area contributed by atoms with Crippen molar-refractivity contribution in [1.82, 2.24) is 0 Å². The van der Waals surface area contributed by atoms with Crippen LogP contribution in [0.4, 0.5) is 0 Å². The lowest BCUT2D eigenvalue weighted by Crippen LogP contribution is -2.35. The van der Waals surface area contributed by atoms with E-state index in [1.807, 2.05) is 34.6 Å². The maximum atomic E-state index is 12.5. The Balaban J connectivity index is 5.12. The highest BCUT2D eigenvalue weighted by Crippen LogP contribution is 2.56. The molecule has 6 heteroatoms. The molecule has 0 amide bonds. The van der Waals surface area contributed by atoms with Gasteiger partial charge in [-0.05, 0) is 50.8 Å². The number of ketones is 1. The van der Waals surface area contributed by atoms with Gasteiger partial charge >= 0.3 is 10.1 Å². The highest BCUT2D eigenvalue weighted by molar-refractivity contribution is 8.33. The van der Waals surface area contributed by atoms with Gasteiger partial charge in [-0.1, -0.05) is 39.5 Å². The summed E-state index contributed by atoms with van der Waals surface area (Å²) in [7, 11) is -5.33. The molecule has 0 aliphatic heterocycles. The minimum Gasteiger partial charge on any atom is -0.299 e. The summed E-state index contributed by atoms with van der Waals surface area (Å²) in [6, 6.07) is 0. The maximum absolute atomic E-state index is 12.5. The van der Waals surface area contributed by atoms with E-state index in [1.165, 1.54) is 0 Å². The van der Waals surface area contributed by atoms with E-state index < -0.39 is 20.4 Å². The van der Waals surface area contributed by atoms with Crippen molar-refractivity contribution in [3.8, 4) is 0 Å². The normalized spacial score (nSPS) is 13.7. The van der Waals surface area contributed by atoms with Crippen LogP contribution in [0.2, 0.25) is 0 Å². The van der Waals surface area contributed by atoms with Crippen molar-refractivity contribution in [2.45, 2.75) is 97.0 Å². The van der Waals surface area contributed by atoms with Crippen LogP contribution in [0.1, 0.15) is 86.5 Å². The standard InChI is InChI=1S/C18H38O4S2/c1-7-9-11-12-13-18(19)15-23(16(3)4,17(5)6)22-24(20,21)14-10-8-2/h16-17H,7-15H2,1-6H3/p+1. The van der Waals surface area contributed by atoms with Gasteiger partial charge in [-0.3, -0.25) is 8.42 Å². The third-order valence-corrected chi connectivity index (χ3v) is 11.2. The van der Waals surface area contributed by atoms with E-state index in [0.29, 0.717) is 18.6 Å². The first-order chi connectivity index (χ1) is 11.1. The van der Waals surface area contributed by atoms with Gasteiger partial charge in [0, 0.05) is 16.9 Å². The quantitative estimate of drug-likeness (QED) is 0.233. The molecule has 0 radical (unpaired) electrons. The van der Waals surface area contributed by atoms with Crippen LogP contribution in [0, 0.1) is 0 Å².